The molecule has 2 rings (SSSR count). The Bertz CT molecular complexity index is 749. The van der Waals surface area contributed by atoms with Gasteiger partial charge in [0, 0.05) is 17.3 Å². The van der Waals surface area contributed by atoms with Crippen molar-refractivity contribution in [3.8, 4) is 0 Å². The van der Waals surface area contributed by atoms with Crippen LogP contribution in [0.3, 0.4) is 0 Å². The highest BCUT2D eigenvalue weighted by atomic mass is 19.1. The van der Waals surface area contributed by atoms with Gasteiger partial charge in [0.15, 0.2) is 0 Å². The van der Waals surface area contributed by atoms with E-state index in [2.05, 4.69) is 16.0 Å². The maximum Gasteiger partial charge on any atom is 0.251 e. The van der Waals surface area contributed by atoms with Gasteiger partial charge in [0.25, 0.3) is 5.91 Å². The Hall–Kier alpha value is -2.89. The van der Waals surface area contributed by atoms with E-state index in [0.717, 1.165) is 6.42 Å². The van der Waals surface area contributed by atoms with Crippen molar-refractivity contribution in [2.75, 3.05) is 17.2 Å². The van der Waals surface area contributed by atoms with Gasteiger partial charge in [0.1, 0.15) is 5.82 Å². The molecule has 0 spiro atoms. The van der Waals surface area contributed by atoms with Crippen molar-refractivity contribution in [3.05, 3.63) is 59.9 Å². The number of amides is 2. The van der Waals surface area contributed by atoms with Crippen molar-refractivity contribution in [1.82, 2.24) is 5.32 Å². The van der Waals surface area contributed by atoms with Crippen LogP contribution in [0, 0.1) is 5.82 Å². The third-order valence-electron chi connectivity index (χ3n) is 3.72. The molecule has 0 saturated carbocycles. The number of rotatable bonds is 7. The molecule has 0 bridgehead atoms. The van der Waals surface area contributed by atoms with Crippen molar-refractivity contribution in [3.63, 3.8) is 0 Å². The molecule has 0 aliphatic rings. The number of hydrogen-bond donors (Lipinski definition) is 3. The molecule has 2 aromatic carbocycles. The molecule has 5 nitrogen and oxygen atoms in total. The Morgan fingerprint density at radius 2 is 1.88 bits per heavy atom. The molecule has 2 aromatic rings. The summed E-state index contributed by atoms with van der Waals surface area (Å²) in [6.07, 6.45) is 0.847. The Kier molecular flexibility index (Phi) is 6.51. The molecule has 6 heteroatoms. The molecular formula is C19H22FN3O2. The number of anilines is 2. The molecule has 0 aliphatic carbocycles. The van der Waals surface area contributed by atoms with Gasteiger partial charge in [-0.1, -0.05) is 25.1 Å². The van der Waals surface area contributed by atoms with Gasteiger partial charge in [0.2, 0.25) is 5.91 Å². The van der Waals surface area contributed by atoms with Crippen LogP contribution in [0.1, 0.15) is 30.6 Å². The van der Waals surface area contributed by atoms with Gasteiger partial charge in [-0.2, -0.15) is 0 Å². The van der Waals surface area contributed by atoms with E-state index in [1.54, 1.807) is 36.4 Å². The lowest BCUT2D eigenvalue weighted by Crippen LogP contribution is -2.31. The maximum absolute atomic E-state index is 13.5. The first-order valence-electron chi connectivity index (χ1n) is 8.18. The summed E-state index contributed by atoms with van der Waals surface area (Å²) in [6, 6.07) is 12.9. The molecule has 0 heterocycles. The van der Waals surface area contributed by atoms with Crippen LogP contribution in [0.15, 0.2) is 48.5 Å². The second-order valence-corrected chi connectivity index (χ2v) is 5.75. The van der Waals surface area contributed by atoms with Crippen LogP contribution in [0.4, 0.5) is 15.8 Å². The van der Waals surface area contributed by atoms with Crippen LogP contribution in [0.5, 0.6) is 0 Å². The van der Waals surface area contributed by atoms with Gasteiger partial charge in [0.05, 0.1) is 12.2 Å². The molecule has 0 aromatic heterocycles. The summed E-state index contributed by atoms with van der Waals surface area (Å²) in [5.74, 6) is -1.02. The van der Waals surface area contributed by atoms with Gasteiger partial charge >= 0.3 is 0 Å². The standard InChI is InChI=1S/C19H22FN3O2/c1-3-13(2)22-19(25)14-7-6-8-15(11-14)21-12-18(24)23-17-10-5-4-9-16(17)20/h4-11,13,21H,3,12H2,1-2H3,(H,22,25)(H,23,24). The van der Waals surface area contributed by atoms with Crippen LogP contribution >= 0.6 is 0 Å². The summed E-state index contributed by atoms with van der Waals surface area (Å²) in [4.78, 5) is 24.0. The lowest BCUT2D eigenvalue weighted by atomic mass is 10.1. The molecule has 3 N–H and O–H groups in total. The Labute approximate surface area is 146 Å². The summed E-state index contributed by atoms with van der Waals surface area (Å²) in [7, 11) is 0. The topological polar surface area (TPSA) is 70.2 Å². The first-order chi connectivity index (χ1) is 12.0. The van der Waals surface area contributed by atoms with Crippen molar-refractivity contribution < 1.29 is 14.0 Å². The van der Waals surface area contributed by atoms with Crippen LogP contribution in [-0.4, -0.2) is 24.4 Å². The molecule has 1 unspecified atom stereocenters. The predicted octanol–water partition coefficient (Wildman–Crippen LogP) is 3.40. The SMILES string of the molecule is CCC(C)NC(=O)c1cccc(NCC(=O)Nc2ccccc2F)c1. The minimum Gasteiger partial charge on any atom is -0.376 e. The highest BCUT2D eigenvalue weighted by molar-refractivity contribution is 5.96. The Morgan fingerprint density at radius 3 is 2.60 bits per heavy atom. The fourth-order valence-corrected chi connectivity index (χ4v) is 2.12. The third kappa shape index (κ3) is 5.60. The second-order valence-electron chi connectivity index (χ2n) is 5.75. The minimum absolute atomic E-state index is 0.0369. The number of benzene rings is 2. The normalized spacial score (nSPS) is 11.5. The van der Waals surface area contributed by atoms with Gasteiger partial charge < -0.3 is 16.0 Å². The monoisotopic (exact) mass is 343 g/mol. The van der Waals surface area contributed by atoms with Crippen LogP contribution in [0.2, 0.25) is 0 Å². The van der Waals surface area contributed by atoms with E-state index >= 15 is 0 Å². The van der Waals surface area contributed by atoms with Crippen molar-refractivity contribution >= 4 is 23.2 Å². The first-order valence-corrected chi connectivity index (χ1v) is 8.18. The average Bonchev–Trinajstić information content (AvgIpc) is 2.62. The minimum atomic E-state index is -0.487. The second kappa shape index (κ2) is 8.82. The quantitative estimate of drug-likeness (QED) is 0.721. The van der Waals surface area contributed by atoms with Gasteiger partial charge in [-0.05, 0) is 43.7 Å². The first kappa shape index (κ1) is 18.4. The zero-order valence-corrected chi connectivity index (χ0v) is 14.3. The summed E-state index contributed by atoms with van der Waals surface area (Å²) in [5.41, 5.74) is 1.29. The highest BCUT2D eigenvalue weighted by Crippen LogP contribution is 2.13. The molecule has 0 fully saturated rings. The van der Waals surface area contributed by atoms with Gasteiger partial charge in [-0.25, -0.2) is 4.39 Å². The van der Waals surface area contributed by atoms with E-state index in [1.807, 2.05) is 13.8 Å². The van der Waals surface area contributed by atoms with Crippen LogP contribution in [0.25, 0.3) is 0 Å². The molecule has 1 atom stereocenters. The molecular weight excluding hydrogens is 321 g/mol. The van der Waals surface area contributed by atoms with Gasteiger partial charge in [-0.15, -0.1) is 0 Å². The van der Waals surface area contributed by atoms with Gasteiger partial charge in [-0.3, -0.25) is 9.59 Å². The van der Waals surface area contributed by atoms with E-state index in [4.69, 9.17) is 0 Å². The Morgan fingerprint density at radius 1 is 1.12 bits per heavy atom. The molecule has 0 saturated heterocycles. The molecule has 0 aliphatic heterocycles. The van der Waals surface area contributed by atoms with E-state index in [0.29, 0.717) is 11.3 Å². The molecule has 0 radical (unpaired) electrons. The zero-order chi connectivity index (χ0) is 18.2. The summed E-state index contributed by atoms with van der Waals surface area (Å²) >= 11 is 0. The van der Waals surface area contributed by atoms with Crippen molar-refractivity contribution in [2.24, 2.45) is 0 Å². The largest absolute Gasteiger partial charge is 0.376 e. The van der Waals surface area contributed by atoms with Crippen molar-refractivity contribution in [2.45, 2.75) is 26.3 Å². The number of para-hydroxylation sites is 1. The smallest absolute Gasteiger partial charge is 0.251 e. The lowest BCUT2D eigenvalue weighted by Gasteiger charge is -2.12. The van der Waals surface area contributed by atoms with E-state index in [9.17, 15) is 14.0 Å². The lowest BCUT2D eigenvalue weighted by molar-refractivity contribution is -0.114. The van der Waals surface area contributed by atoms with Crippen LogP contribution < -0.4 is 16.0 Å². The number of nitrogens with one attached hydrogen (secondary N) is 3. The Balaban J connectivity index is 1.92. The number of carbonyl (C=O) groups excluding carboxylic acids is 2. The molecule has 25 heavy (non-hydrogen) atoms. The van der Waals surface area contributed by atoms with E-state index in [-0.39, 0.29) is 30.1 Å². The summed E-state index contributed by atoms with van der Waals surface area (Å²) in [5, 5.41) is 8.32. The molecule has 132 valence electrons. The fraction of sp³-hybridized carbons (Fsp3) is 0.263. The van der Waals surface area contributed by atoms with E-state index < -0.39 is 5.82 Å². The van der Waals surface area contributed by atoms with Crippen molar-refractivity contribution in [1.29, 1.82) is 0 Å². The average molecular weight is 343 g/mol. The number of halogens is 1. The molecule has 2 amide bonds. The summed E-state index contributed by atoms with van der Waals surface area (Å²) in [6.45, 7) is 3.90. The van der Waals surface area contributed by atoms with E-state index in [1.165, 1.54) is 12.1 Å². The maximum atomic E-state index is 13.5. The highest BCUT2D eigenvalue weighted by Gasteiger charge is 2.10. The zero-order valence-electron chi connectivity index (χ0n) is 14.3. The number of hydrogen-bond acceptors (Lipinski definition) is 3. The third-order valence-corrected chi connectivity index (χ3v) is 3.72. The number of carbonyl (C=O) groups is 2. The van der Waals surface area contributed by atoms with Crippen LogP contribution in [-0.2, 0) is 4.79 Å². The fourth-order valence-electron chi connectivity index (χ4n) is 2.12. The summed E-state index contributed by atoms with van der Waals surface area (Å²) < 4.78 is 13.5. The predicted molar refractivity (Wildman–Crippen MR) is 97.2 cm³/mol.